The molecule has 0 spiro atoms. The van der Waals surface area contributed by atoms with Gasteiger partial charge in [-0.25, -0.2) is 4.98 Å². The van der Waals surface area contributed by atoms with Crippen LogP contribution in [-0.4, -0.2) is 22.4 Å². The van der Waals surface area contributed by atoms with Crippen molar-refractivity contribution in [1.29, 1.82) is 0 Å². The number of rotatable bonds is 4. The third-order valence-corrected chi connectivity index (χ3v) is 2.50. The molecule has 18 heavy (non-hydrogen) atoms. The minimum absolute atomic E-state index is 0.248. The molecular weight excluding hydrogens is 228 g/mol. The molecule has 5 nitrogen and oxygen atoms in total. The lowest BCUT2D eigenvalue weighted by Gasteiger charge is -2.06. The summed E-state index contributed by atoms with van der Waals surface area (Å²) >= 11 is 0. The second kappa shape index (κ2) is 5.77. The van der Waals surface area contributed by atoms with E-state index in [4.69, 9.17) is 5.73 Å². The van der Waals surface area contributed by atoms with E-state index in [2.05, 4.69) is 15.3 Å². The maximum atomic E-state index is 11.8. The van der Waals surface area contributed by atoms with Crippen molar-refractivity contribution < 1.29 is 4.79 Å². The molecule has 92 valence electrons. The van der Waals surface area contributed by atoms with Gasteiger partial charge in [0.15, 0.2) is 5.69 Å². The van der Waals surface area contributed by atoms with Crippen molar-refractivity contribution in [3.63, 3.8) is 0 Å². The van der Waals surface area contributed by atoms with Crippen LogP contribution >= 0.6 is 0 Å². The van der Waals surface area contributed by atoms with Crippen molar-refractivity contribution >= 4 is 11.6 Å². The highest BCUT2D eigenvalue weighted by atomic mass is 16.1. The molecule has 0 fully saturated rings. The van der Waals surface area contributed by atoms with Crippen molar-refractivity contribution in [1.82, 2.24) is 15.3 Å². The van der Waals surface area contributed by atoms with E-state index in [0.717, 1.165) is 12.0 Å². The highest BCUT2D eigenvalue weighted by Crippen LogP contribution is 2.06. The number of hydrogen-bond acceptors (Lipinski definition) is 4. The highest BCUT2D eigenvalue weighted by Gasteiger charge is 2.09. The van der Waals surface area contributed by atoms with Crippen LogP contribution in [0.1, 0.15) is 16.1 Å². The van der Waals surface area contributed by atoms with Crippen LogP contribution in [0.5, 0.6) is 0 Å². The van der Waals surface area contributed by atoms with E-state index in [1.54, 1.807) is 30.7 Å². The number of amides is 1. The topological polar surface area (TPSA) is 80.9 Å². The predicted octanol–water partition coefficient (Wildman–Crippen LogP) is 1.03. The van der Waals surface area contributed by atoms with Crippen molar-refractivity contribution in [2.75, 3.05) is 12.3 Å². The number of nitrogens with zero attached hydrogens (tertiary/aromatic N) is 2. The SMILES string of the molecule is Nc1cccnc1C(=O)NCCc1ccncc1. The lowest BCUT2D eigenvalue weighted by molar-refractivity contribution is 0.0950. The van der Waals surface area contributed by atoms with Gasteiger partial charge in [0.1, 0.15) is 0 Å². The number of nitrogens with two attached hydrogens (primary N) is 1. The first kappa shape index (κ1) is 12.0. The number of aromatic nitrogens is 2. The Morgan fingerprint density at radius 3 is 2.72 bits per heavy atom. The van der Waals surface area contributed by atoms with Gasteiger partial charge in [-0.3, -0.25) is 9.78 Å². The molecule has 5 heteroatoms. The summed E-state index contributed by atoms with van der Waals surface area (Å²) < 4.78 is 0. The fourth-order valence-electron chi connectivity index (χ4n) is 1.56. The van der Waals surface area contributed by atoms with E-state index in [1.165, 1.54) is 0 Å². The number of pyridine rings is 2. The van der Waals surface area contributed by atoms with Crippen LogP contribution < -0.4 is 11.1 Å². The van der Waals surface area contributed by atoms with Crippen LogP contribution in [0.4, 0.5) is 5.69 Å². The van der Waals surface area contributed by atoms with Gasteiger partial charge in [0.25, 0.3) is 5.91 Å². The molecule has 0 aromatic carbocycles. The fourth-order valence-corrected chi connectivity index (χ4v) is 1.56. The standard InChI is InChI=1S/C13H14N4O/c14-11-2-1-6-16-12(11)13(18)17-9-5-10-3-7-15-8-4-10/h1-4,6-8H,5,9,14H2,(H,17,18). The fraction of sp³-hybridized carbons (Fsp3) is 0.154. The largest absolute Gasteiger partial charge is 0.397 e. The Morgan fingerprint density at radius 2 is 2.00 bits per heavy atom. The van der Waals surface area contributed by atoms with Crippen molar-refractivity contribution in [2.24, 2.45) is 0 Å². The Hall–Kier alpha value is -2.43. The van der Waals surface area contributed by atoms with Gasteiger partial charge in [-0.1, -0.05) is 0 Å². The van der Waals surface area contributed by atoms with Crippen molar-refractivity contribution in [2.45, 2.75) is 6.42 Å². The van der Waals surface area contributed by atoms with Gasteiger partial charge < -0.3 is 11.1 Å². The molecule has 0 saturated heterocycles. The zero-order valence-corrected chi connectivity index (χ0v) is 9.84. The second-order valence-electron chi connectivity index (χ2n) is 3.80. The Morgan fingerprint density at radius 1 is 1.22 bits per heavy atom. The summed E-state index contributed by atoms with van der Waals surface area (Å²) in [6.45, 7) is 0.541. The number of carbonyl (C=O) groups excluding carboxylic acids is 1. The average molecular weight is 242 g/mol. The third kappa shape index (κ3) is 3.04. The molecule has 2 rings (SSSR count). The summed E-state index contributed by atoms with van der Waals surface area (Å²) in [5.41, 5.74) is 7.46. The van der Waals surface area contributed by atoms with Crippen LogP contribution in [0, 0.1) is 0 Å². The number of nitrogens with one attached hydrogen (secondary N) is 1. The quantitative estimate of drug-likeness (QED) is 0.839. The summed E-state index contributed by atoms with van der Waals surface area (Å²) in [6.07, 6.45) is 5.76. The highest BCUT2D eigenvalue weighted by molar-refractivity contribution is 5.96. The second-order valence-corrected chi connectivity index (χ2v) is 3.80. The summed E-state index contributed by atoms with van der Waals surface area (Å²) in [7, 11) is 0. The zero-order chi connectivity index (χ0) is 12.8. The van der Waals surface area contributed by atoms with Gasteiger partial charge in [0.2, 0.25) is 0 Å². The molecule has 0 radical (unpaired) electrons. The maximum Gasteiger partial charge on any atom is 0.272 e. The normalized spacial score (nSPS) is 10.0. The lowest BCUT2D eigenvalue weighted by Crippen LogP contribution is -2.27. The molecule has 2 aromatic heterocycles. The number of anilines is 1. The van der Waals surface area contributed by atoms with Gasteiger partial charge in [0.05, 0.1) is 5.69 Å². The van der Waals surface area contributed by atoms with Gasteiger partial charge >= 0.3 is 0 Å². The first-order valence-electron chi connectivity index (χ1n) is 5.65. The number of nitrogen functional groups attached to an aromatic ring is 1. The Labute approximate surface area is 105 Å². The molecule has 2 aromatic rings. The molecule has 1 amide bonds. The lowest BCUT2D eigenvalue weighted by atomic mass is 10.2. The smallest absolute Gasteiger partial charge is 0.272 e. The molecule has 0 unspecified atom stereocenters. The van der Waals surface area contributed by atoms with Crippen LogP contribution in [0.15, 0.2) is 42.9 Å². The van der Waals surface area contributed by atoms with E-state index in [0.29, 0.717) is 12.2 Å². The number of carbonyl (C=O) groups is 1. The summed E-state index contributed by atoms with van der Waals surface area (Å²) in [4.78, 5) is 19.7. The molecule has 0 saturated carbocycles. The monoisotopic (exact) mass is 242 g/mol. The first-order valence-corrected chi connectivity index (χ1v) is 5.65. The predicted molar refractivity (Wildman–Crippen MR) is 68.9 cm³/mol. The summed E-state index contributed by atoms with van der Waals surface area (Å²) in [5.74, 6) is -0.248. The van der Waals surface area contributed by atoms with Crippen LogP contribution in [0.3, 0.4) is 0 Å². The van der Waals surface area contributed by atoms with Gasteiger partial charge in [-0.15, -0.1) is 0 Å². The summed E-state index contributed by atoms with van der Waals surface area (Å²) in [6, 6.07) is 7.19. The van der Waals surface area contributed by atoms with E-state index >= 15 is 0 Å². The van der Waals surface area contributed by atoms with Gasteiger partial charge in [-0.2, -0.15) is 0 Å². The summed E-state index contributed by atoms with van der Waals surface area (Å²) in [5, 5.41) is 2.79. The van der Waals surface area contributed by atoms with Crippen molar-refractivity contribution in [3.05, 3.63) is 54.1 Å². The van der Waals surface area contributed by atoms with Crippen LogP contribution in [0.2, 0.25) is 0 Å². The van der Waals surface area contributed by atoms with E-state index in [-0.39, 0.29) is 11.6 Å². The molecule has 3 N–H and O–H groups in total. The first-order chi connectivity index (χ1) is 8.77. The van der Waals surface area contributed by atoms with Crippen molar-refractivity contribution in [3.8, 4) is 0 Å². The third-order valence-electron chi connectivity index (χ3n) is 2.50. The molecule has 0 bridgehead atoms. The molecule has 2 heterocycles. The minimum atomic E-state index is -0.248. The minimum Gasteiger partial charge on any atom is -0.397 e. The van der Waals surface area contributed by atoms with E-state index < -0.39 is 0 Å². The number of hydrogen-bond donors (Lipinski definition) is 2. The maximum absolute atomic E-state index is 11.8. The average Bonchev–Trinajstić information content (AvgIpc) is 2.40. The molecule has 0 atom stereocenters. The Bertz CT molecular complexity index is 528. The van der Waals surface area contributed by atoms with E-state index in [1.807, 2.05) is 12.1 Å². The van der Waals surface area contributed by atoms with E-state index in [9.17, 15) is 4.79 Å². The van der Waals surface area contributed by atoms with Gasteiger partial charge in [0, 0.05) is 25.1 Å². The van der Waals surface area contributed by atoms with Crippen LogP contribution in [0.25, 0.3) is 0 Å². The molecule has 0 aliphatic rings. The Kier molecular flexibility index (Phi) is 3.86. The van der Waals surface area contributed by atoms with Crippen LogP contribution in [-0.2, 0) is 6.42 Å². The zero-order valence-electron chi connectivity index (χ0n) is 9.84. The van der Waals surface area contributed by atoms with Gasteiger partial charge in [-0.05, 0) is 36.2 Å². The molecular formula is C13H14N4O. The Balaban J connectivity index is 1.88. The molecule has 0 aliphatic heterocycles. The molecule has 0 aliphatic carbocycles.